The Labute approximate surface area is 194 Å². The lowest BCUT2D eigenvalue weighted by molar-refractivity contribution is -0.114. The fourth-order valence-electron chi connectivity index (χ4n) is 3.41. The van der Waals surface area contributed by atoms with Gasteiger partial charge in [0.2, 0.25) is 5.91 Å². The van der Waals surface area contributed by atoms with Crippen LogP contribution in [0.3, 0.4) is 0 Å². The van der Waals surface area contributed by atoms with Crippen molar-refractivity contribution < 1.29 is 23.5 Å². The predicted molar refractivity (Wildman–Crippen MR) is 127 cm³/mol. The Kier molecular flexibility index (Phi) is 6.49. The van der Waals surface area contributed by atoms with E-state index in [0.29, 0.717) is 27.9 Å². The van der Waals surface area contributed by atoms with Crippen molar-refractivity contribution in [1.29, 1.82) is 0 Å². The van der Waals surface area contributed by atoms with Crippen molar-refractivity contribution in [3.8, 4) is 0 Å². The van der Waals surface area contributed by atoms with E-state index in [0.717, 1.165) is 0 Å². The van der Waals surface area contributed by atoms with Crippen LogP contribution in [0.2, 0.25) is 0 Å². The first-order valence-electron chi connectivity index (χ1n) is 10.4. The summed E-state index contributed by atoms with van der Waals surface area (Å²) in [7, 11) is 0. The van der Waals surface area contributed by atoms with E-state index in [9.17, 15) is 19.2 Å². The molecule has 8 nitrogen and oxygen atoms in total. The van der Waals surface area contributed by atoms with Crippen LogP contribution in [0.5, 0.6) is 0 Å². The number of hydrogen-bond acceptors (Lipinski definition) is 6. The van der Waals surface area contributed by atoms with Crippen molar-refractivity contribution in [2.75, 3.05) is 10.6 Å². The van der Waals surface area contributed by atoms with Gasteiger partial charge in [-0.2, -0.15) is 0 Å². The molecule has 0 unspecified atom stereocenters. The number of hydrogen-bond donors (Lipinski definition) is 2. The molecule has 4 rings (SSSR count). The quantitative estimate of drug-likeness (QED) is 0.329. The molecule has 8 heteroatoms. The molecule has 0 aliphatic carbocycles. The highest BCUT2D eigenvalue weighted by atomic mass is 16.5. The van der Waals surface area contributed by atoms with Crippen LogP contribution in [0, 0.1) is 0 Å². The van der Waals surface area contributed by atoms with E-state index in [1.807, 2.05) is 0 Å². The minimum atomic E-state index is -0.666. The second kappa shape index (κ2) is 9.83. The Morgan fingerprint density at radius 3 is 2.38 bits per heavy atom. The summed E-state index contributed by atoms with van der Waals surface area (Å²) in [5.74, 6) is -1.28. The van der Waals surface area contributed by atoms with Crippen molar-refractivity contribution in [3.05, 3.63) is 106 Å². The van der Waals surface area contributed by atoms with E-state index in [1.165, 1.54) is 19.1 Å². The van der Waals surface area contributed by atoms with Crippen molar-refractivity contribution in [2.45, 2.75) is 13.5 Å². The number of rotatable bonds is 6. The maximum absolute atomic E-state index is 12.8. The molecule has 0 aliphatic rings. The van der Waals surface area contributed by atoms with E-state index in [1.54, 1.807) is 66.7 Å². The molecule has 0 spiro atoms. The molecular weight excluding hydrogens is 436 g/mol. The van der Waals surface area contributed by atoms with Gasteiger partial charge < -0.3 is 19.8 Å². The molecule has 170 valence electrons. The first-order valence-corrected chi connectivity index (χ1v) is 10.4. The normalized spacial score (nSPS) is 10.5. The van der Waals surface area contributed by atoms with Gasteiger partial charge in [-0.15, -0.1) is 0 Å². The monoisotopic (exact) mass is 456 g/mol. The van der Waals surface area contributed by atoms with Crippen LogP contribution in [0.4, 0.5) is 11.4 Å². The number of nitrogens with one attached hydrogen (secondary N) is 2. The molecule has 0 saturated carbocycles. The Morgan fingerprint density at radius 2 is 1.62 bits per heavy atom. The molecule has 3 aromatic carbocycles. The topological polar surface area (TPSA) is 115 Å². The van der Waals surface area contributed by atoms with Gasteiger partial charge in [0.05, 0.1) is 11.3 Å². The van der Waals surface area contributed by atoms with Gasteiger partial charge >= 0.3 is 11.6 Å². The molecular formula is C26H20N2O6. The SMILES string of the molecule is CC(=O)Nc1ccc2c(COC(=O)c3ccccc3NC(=O)c3ccccc3)cc(=O)oc2c1. The maximum atomic E-state index is 12.8. The number of benzene rings is 3. The lowest BCUT2D eigenvalue weighted by Gasteiger charge is -2.12. The standard InChI is InChI=1S/C26H20N2O6/c1-16(29)27-19-11-12-20-18(13-24(30)34-23(20)14-19)15-33-26(32)21-9-5-6-10-22(21)28-25(31)17-7-3-2-4-8-17/h2-14H,15H2,1H3,(H,27,29)(H,28,31). The minimum absolute atomic E-state index is 0.173. The summed E-state index contributed by atoms with van der Waals surface area (Å²) in [5.41, 5.74) is 1.48. The first-order chi connectivity index (χ1) is 16.4. The highest BCUT2D eigenvalue weighted by Gasteiger charge is 2.16. The molecule has 0 saturated heterocycles. The zero-order chi connectivity index (χ0) is 24.1. The lowest BCUT2D eigenvalue weighted by Crippen LogP contribution is -2.16. The van der Waals surface area contributed by atoms with Crippen LogP contribution in [0.25, 0.3) is 11.0 Å². The number of carbonyl (C=O) groups excluding carboxylic acids is 3. The summed E-state index contributed by atoms with van der Waals surface area (Å²) in [6.45, 7) is 1.18. The van der Waals surface area contributed by atoms with Crippen molar-refractivity contribution >= 4 is 40.1 Å². The Balaban J connectivity index is 1.54. The predicted octanol–water partition coefficient (Wildman–Crippen LogP) is 4.36. The second-order valence-electron chi connectivity index (χ2n) is 7.42. The molecule has 0 radical (unpaired) electrons. The molecule has 4 aromatic rings. The zero-order valence-corrected chi connectivity index (χ0v) is 18.2. The van der Waals surface area contributed by atoms with Gasteiger partial charge in [-0.25, -0.2) is 9.59 Å². The number of para-hydroxylation sites is 1. The molecule has 2 amide bonds. The number of anilines is 2. The van der Waals surface area contributed by atoms with Gasteiger partial charge in [0, 0.05) is 41.3 Å². The number of ether oxygens (including phenoxy) is 1. The average molecular weight is 456 g/mol. The third-order valence-corrected chi connectivity index (χ3v) is 4.94. The average Bonchev–Trinajstić information content (AvgIpc) is 2.82. The van der Waals surface area contributed by atoms with Crippen molar-refractivity contribution in [3.63, 3.8) is 0 Å². The largest absolute Gasteiger partial charge is 0.457 e. The highest BCUT2D eigenvalue weighted by Crippen LogP contribution is 2.23. The third-order valence-electron chi connectivity index (χ3n) is 4.94. The van der Waals surface area contributed by atoms with Crippen LogP contribution in [0.15, 0.2) is 88.1 Å². The number of esters is 1. The summed E-state index contributed by atoms with van der Waals surface area (Å²) in [6, 6.07) is 21.2. The fraction of sp³-hybridized carbons (Fsp3) is 0.0769. The summed E-state index contributed by atoms with van der Waals surface area (Å²) in [6.07, 6.45) is 0. The third kappa shape index (κ3) is 5.18. The van der Waals surface area contributed by atoms with E-state index in [-0.39, 0.29) is 29.6 Å². The molecule has 2 N–H and O–H groups in total. The lowest BCUT2D eigenvalue weighted by atomic mass is 10.1. The molecule has 0 aliphatic heterocycles. The summed E-state index contributed by atoms with van der Waals surface area (Å²) in [5, 5.41) is 5.91. The zero-order valence-electron chi connectivity index (χ0n) is 18.2. The minimum Gasteiger partial charge on any atom is -0.457 e. The summed E-state index contributed by atoms with van der Waals surface area (Å²) in [4.78, 5) is 48.6. The molecule has 34 heavy (non-hydrogen) atoms. The smallest absolute Gasteiger partial charge is 0.340 e. The van der Waals surface area contributed by atoms with Gasteiger partial charge in [-0.3, -0.25) is 9.59 Å². The first kappa shape index (κ1) is 22.5. The summed E-state index contributed by atoms with van der Waals surface area (Å²) >= 11 is 0. The Bertz CT molecular complexity index is 1440. The van der Waals surface area contributed by atoms with Crippen LogP contribution in [-0.2, 0) is 16.1 Å². The Morgan fingerprint density at radius 1 is 0.882 bits per heavy atom. The molecule has 0 atom stereocenters. The Hall–Kier alpha value is -4.72. The van der Waals surface area contributed by atoms with Gasteiger partial charge in [-0.1, -0.05) is 30.3 Å². The molecule has 1 aromatic heterocycles. The molecule has 1 heterocycles. The van der Waals surface area contributed by atoms with Gasteiger partial charge in [0.15, 0.2) is 0 Å². The molecule has 0 bridgehead atoms. The summed E-state index contributed by atoms with van der Waals surface area (Å²) < 4.78 is 10.7. The van der Waals surface area contributed by atoms with Gasteiger partial charge in [-0.05, 0) is 36.4 Å². The van der Waals surface area contributed by atoms with Crippen LogP contribution in [-0.4, -0.2) is 17.8 Å². The fourth-order valence-corrected chi connectivity index (χ4v) is 3.41. The second-order valence-corrected chi connectivity index (χ2v) is 7.42. The van der Waals surface area contributed by atoms with Crippen LogP contribution < -0.4 is 16.3 Å². The van der Waals surface area contributed by atoms with Crippen molar-refractivity contribution in [1.82, 2.24) is 0 Å². The van der Waals surface area contributed by atoms with Gasteiger partial charge in [0.1, 0.15) is 12.2 Å². The van der Waals surface area contributed by atoms with Crippen LogP contribution >= 0.6 is 0 Å². The van der Waals surface area contributed by atoms with Crippen molar-refractivity contribution in [2.24, 2.45) is 0 Å². The number of fused-ring (bicyclic) bond motifs is 1. The maximum Gasteiger partial charge on any atom is 0.340 e. The van der Waals surface area contributed by atoms with E-state index < -0.39 is 11.6 Å². The van der Waals surface area contributed by atoms with E-state index >= 15 is 0 Å². The van der Waals surface area contributed by atoms with Gasteiger partial charge in [0.25, 0.3) is 5.91 Å². The van der Waals surface area contributed by atoms with Crippen LogP contribution in [0.1, 0.15) is 33.2 Å². The number of carbonyl (C=O) groups is 3. The molecule has 0 fully saturated rings. The van der Waals surface area contributed by atoms with E-state index in [2.05, 4.69) is 10.6 Å². The van der Waals surface area contributed by atoms with E-state index in [4.69, 9.17) is 9.15 Å². The number of amides is 2. The highest BCUT2D eigenvalue weighted by molar-refractivity contribution is 6.08.